The molecule has 5 nitrogen and oxygen atoms in total. The Morgan fingerprint density at radius 3 is 2.70 bits per heavy atom. The Hall–Kier alpha value is -1.56. The third-order valence-electron chi connectivity index (χ3n) is 3.37. The number of likely N-dealkylation sites (N-methyl/N-ethyl adjacent to an activating group) is 1. The molecule has 1 heterocycles. The van der Waals surface area contributed by atoms with Crippen molar-refractivity contribution in [3.05, 3.63) is 23.8 Å². The number of anilines is 2. The number of rotatable bonds is 6. The van der Waals surface area contributed by atoms with Crippen molar-refractivity contribution in [1.82, 2.24) is 0 Å². The van der Waals surface area contributed by atoms with Crippen LogP contribution in [-0.2, 0) is 21.2 Å². The van der Waals surface area contributed by atoms with Crippen LogP contribution < -0.4 is 9.62 Å². The molecule has 1 aromatic carbocycles. The lowest BCUT2D eigenvalue weighted by atomic mass is 10.1. The van der Waals surface area contributed by atoms with E-state index < -0.39 is 10.0 Å². The SMILES string of the molecule is CCCCS(=O)(=O)Nc1ccc2c(c1)CC(=O)N2CC. The highest BCUT2D eigenvalue weighted by Gasteiger charge is 2.26. The molecule has 1 aliphatic rings. The van der Waals surface area contributed by atoms with Crippen LogP contribution in [0.3, 0.4) is 0 Å². The normalized spacial score (nSPS) is 14.5. The average Bonchev–Trinajstić information content (AvgIpc) is 2.70. The van der Waals surface area contributed by atoms with Gasteiger partial charge in [-0.2, -0.15) is 0 Å². The Morgan fingerprint density at radius 1 is 1.30 bits per heavy atom. The molecule has 0 fully saturated rings. The van der Waals surface area contributed by atoms with Gasteiger partial charge in [-0.1, -0.05) is 13.3 Å². The summed E-state index contributed by atoms with van der Waals surface area (Å²) >= 11 is 0. The summed E-state index contributed by atoms with van der Waals surface area (Å²) in [7, 11) is -3.30. The van der Waals surface area contributed by atoms with E-state index >= 15 is 0 Å². The number of benzene rings is 1. The van der Waals surface area contributed by atoms with E-state index in [1.165, 1.54) is 0 Å². The molecule has 0 aromatic heterocycles. The molecule has 1 aromatic rings. The van der Waals surface area contributed by atoms with Gasteiger partial charge in [0.2, 0.25) is 15.9 Å². The molecule has 2 rings (SSSR count). The number of hydrogen-bond acceptors (Lipinski definition) is 3. The summed E-state index contributed by atoms with van der Waals surface area (Å²) in [4.78, 5) is 13.5. The van der Waals surface area contributed by atoms with Crippen molar-refractivity contribution in [3.63, 3.8) is 0 Å². The minimum absolute atomic E-state index is 0.0634. The number of nitrogens with one attached hydrogen (secondary N) is 1. The quantitative estimate of drug-likeness (QED) is 0.874. The monoisotopic (exact) mass is 296 g/mol. The Balaban J connectivity index is 2.17. The summed E-state index contributed by atoms with van der Waals surface area (Å²) in [6.45, 7) is 4.51. The predicted molar refractivity (Wildman–Crippen MR) is 80.5 cm³/mol. The van der Waals surface area contributed by atoms with Crippen molar-refractivity contribution in [2.75, 3.05) is 21.9 Å². The van der Waals surface area contributed by atoms with Crippen molar-refractivity contribution in [1.29, 1.82) is 0 Å². The number of carbonyl (C=O) groups is 1. The second-order valence-electron chi connectivity index (χ2n) is 4.93. The Bertz CT molecular complexity index is 611. The van der Waals surface area contributed by atoms with Crippen LogP contribution >= 0.6 is 0 Å². The molecule has 0 aliphatic carbocycles. The van der Waals surface area contributed by atoms with E-state index in [9.17, 15) is 13.2 Å². The molecule has 0 saturated carbocycles. The third kappa shape index (κ3) is 3.12. The van der Waals surface area contributed by atoms with Gasteiger partial charge in [0.05, 0.1) is 12.2 Å². The van der Waals surface area contributed by atoms with Gasteiger partial charge in [-0.15, -0.1) is 0 Å². The van der Waals surface area contributed by atoms with Gasteiger partial charge < -0.3 is 4.90 Å². The summed E-state index contributed by atoms with van der Waals surface area (Å²) in [5.41, 5.74) is 2.30. The van der Waals surface area contributed by atoms with Gasteiger partial charge in [0, 0.05) is 17.9 Å². The zero-order chi connectivity index (χ0) is 14.8. The molecule has 1 N–H and O–H groups in total. The topological polar surface area (TPSA) is 66.5 Å². The van der Waals surface area contributed by atoms with Crippen LogP contribution in [0.25, 0.3) is 0 Å². The molecule has 0 bridgehead atoms. The molecule has 20 heavy (non-hydrogen) atoms. The molecule has 0 atom stereocenters. The molecule has 0 radical (unpaired) electrons. The first-order valence-electron chi connectivity index (χ1n) is 6.90. The summed E-state index contributed by atoms with van der Waals surface area (Å²) in [5, 5.41) is 0. The summed E-state index contributed by atoms with van der Waals surface area (Å²) in [6.07, 6.45) is 1.82. The lowest BCUT2D eigenvalue weighted by Crippen LogP contribution is -2.25. The van der Waals surface area contributed by atoms with Crippen molar-refractivity contribution < 1.29 is 13.2 Å². The first kappa shape index (κ1) is 14.8. The maximum Gasteiger partial charge on any atom is 0.232 e. The number of nitrogens with zero attached hydrogens (tertiary/aromatic N) is 1. The van der Waals surface area contributed by atoms with Crippen molar-refractivity contribution >= 4 is 27.3 Å². The van der Waals surface area contributed by atoms with Gasteiger partial charge in [-0.3, -0.25) is 9.52 Å². The van der Waals surface area contributed by atoms with Gasteiger partial charge in [-0.05, 0) is 37.1 Å². The number of amides is 1. The smallest absolute Gasteiger partial charge is 0.232 e. The standard InChI is InChI=1S/C14H20N2O3S/c1-3-5-8-20(18,19)15-12-6-7-13-11(9-12)10-14(17)16(13)4-2/h6-7,9,15H,3-5,8,10H2,1-2H3. The fourth-order valence-electron chi connectivity index (χ4n) is 2.36. The minimum atomic E-state index is -3.30. The molecule has 6 heteroatoms. The number of carbonyl (C=O) groups excluding carboxylic acids is 1. The molecule has 0 saturated heterocycles. The molecule has 0 unspecified atom stereocenters. The van der Waals surface area contributed by atoms with Gasteiger partial charge in [0.1, 0.15) is 0 Å². The van der Waals surface area contributed by atoms with E-state index in [0.29, 0.717) is 25.1 Å². The number of fused-ring (bicyclic) bond motifs is 1. The first-order valence-corrected chi connectivity index (χ1v) is 8.56. The van der Waals surface area contributed by atoms with E-state index in [2.05, 4.69) is 4.72 Å². The average molecular weight is 296 g/mol. The highest BCUT2D eigenvalue weighted by Crippen LogP contribution is 2.31. The number of unbranched alkanes of at least 4 members (excludes halogenated alkanes) is 1. The molecule has 1 aliphatic heterocycles. The number of sulfonamides is 1. The van der Waals surface area contributed by atoms with E-state index in [1.807, 2.05) is 13.8 Å². The molecular formula is C14H20N2O3S. The summed E-state index contributed by atoms with van der Waals surface area (Å²) in [5.74, 6) is 0.189. The van der Waals surface area contributed by atoms with Crippen LogP contribution in [0.15, 0.2) is 18.2 Å². The van der Waals surface area contributed by atoms with E-state index in [0.717, 1.165) is 17.7 Å². The minimum Gasteiger partial charge on any atom is -0.312 e. The van der Waals surface area contributed by atoms with Crippen molar-refractivity contribution in [2.45, 2.75) is 33.1 Å². The maximum absolute atomic E-state index is 11.9. The Labute approximate surface area is 120 Å². The Kier molecular flexibility index (Phi) is 4.32. The molecule has 0 spiro atoms. The lowest BCUT2D eigenvalue weighted by Gasteiger charge is -2.15. The van der Waals surface area contributed by atoms with Crippen LogP contribution in [0.1, 0.15) is 32.3 Å². The zero-order valence-corrected chi connectivity index (χ0v) is 12.7. The predicted octanol–water partition coefficient (Wildman–Crippen LogP) is 2.14. The number of hydrogen-bond donors (Lipinski definition) is 1. The van der Waals surface area contributed by atoms with Crippen LogP contribution in [-0.4, -0.2) is 26.6 Å². The fourth-order valence-corrected chi connectivity index (χ4v) is 3.62. The van der Waals surface area contributed by atoms with Crippen LogP contribution in [0.2, 0.25) is 0 Å². The van der Waals surface area contributed by atoms with Gasteiger partial charge >= 0.3 is 0 Å². The van der Waals surface area contributed by atoms with E-state index in [4.69, 9.17) is 0 Å². The van der Waals surface area contributed by atoms with Gasteiger partial charge in [0.15, 0.2) is 0 Å². The molecule has 110 valence electrons. The van der Waals surface area contributed by atoms with Crippen LogP contribution in [0.5, 0.6) is 0 Å². The summed E-state index contributed by atoms with van der Waals surface area (Å²) in [6, 6.07) is 5.28. The van der Waals surface area contributed by atoms with Crippen LogP contribution in [0.4, 0.5) is 11.4 Å². The van der Waals surface area contributed by atoms with Gasteiger partial charge in [0.25, 0.3) is 0 Å². The van der Waals surface area contributed by atoms with Gasteiger partial charge in [-0.25, -0.2) is 8.42 Å². The van der Waals surface area contributed by atoms with Crippen molar-refractivity contribution in [2.24, 2.45) is 0 Å². The van der Waals surface area contributed by atoms with E-state index in [1.54, 1.807) is 23.1 Å². The lowest BCUT2D eigenvalue weighted by molar-refractivity contribution is -0.117. The highest BCUT2D eigenvalue weighted by atomic mass is 32.2. The zero-order valence-electron chi connectivity index (χ0n) is 11.8. The summed E-state index contributed by atoms with van der Waals surface area (Å²) < 4.78 is 26.3. The molecular weight excluding hydrogens is 276 g/mol. The fraction of sp³-hybridized carbons (Fsp3) is 0.500. The maximum atomic E-state index is 11.9. The largest absolute Gasteiger partial charge is 0.312 e. The second kappa shape index (κ2) is 5.83. The van der Waals surface area contributed by atoms with Crippen LogP contribution in [0, 0.1) is 0 Å². The van der Waals surface area contributed by atoms with E-state index in [-0.39, 0.29) is 11.7 Å². The first-order chi connectivity index (χ1) is 9.46. The Morgan fingerprint density at radius 2 is 2.05 bits per heavy atom. The second-order valence-corrected chi connectivity index (χ2v) is 6.77. The third-order valence-corrected chi connectivity index (χ3v) is 4.74. The molecule has 1 amide bonds. The highest BCUT2D eigenvalue weighted by molar-refractivity contribution is 7.92. The van der Waals surface area contributed by atoms with Crippen molar-refractivity contribution in [3.8, 4) is 0 Å².